The van der Waals surface area contributed by atoms with Gasteiger partial charge in [-0.15, -0.1) is 0 Å². The zero-order chi connectivity index (χ0) is 15.4. The molecule has 7 nitrogen and oxygen atoms in total. The third-order valence-corrected chi connectivity index (χ3v) is 3.84. The number of hydrogen-bond donors (Lipinski definition) is 2. The van der Waals surface area contributed by atoms with E-state index in [-0.39, 0.29) is 24.1 Å². The van der Waals surface area contributed by atoms with Crippen molar-refractivity contribution in [3.63, 3.8) is 0 Å². The highest BCUT2D eigenvalue weighted by Gasteiger charge is 2.19. The molecule has 1 aromatic rings. The number of rotatable bonds is 4. The second-order valence-corrected chi connectivity index (χ2v) is 5.71. The van der Waals surface area contributed by atoms with E-state index in [1.807, 2.05) is 0 Å². The average molecular weight is 358 g/mol. The Labute approximate surface area is 130 Å². The first-order chi connectivity index (χ1) is 9.97. The molecule has 0 radical (unpaired) electrons. The number of nitro benzene ring substituents is 1. The smallest absolute Gasteiger partial charge is 0.274 e. The standard InChI is InChI=1S/C13H16BrN3O4/c1-8-4-10(14)11(6-12(8)17(19)20)16-13(18)5-9-7-21-3-2-15-9/h4,6,9,15H,2-3,5,7H2,1H3,(H,16,18). The zero-order valence-electron chi connectivity index (χ0n) is 11.5. The number of carbonyl (C=O) groups is 1. The van der Waals surface area contributed by atoms with Gasteiger partial charge < -0.3 is 15.4 Å². The molecular weight excluding hydrogens is 342 g/mol. The van der Waals surface area contributed by atoms with E-state index in [0.717, 1.165) is 6.54 Å². The molecule has 1 amide bonds. The summed E-state index contributed by atoms with van der Waals surface area (Å²) in [5, 5.41) is 16.8. The quantitative estimate of drug-likeness (QED) is 0.634. The molecule has 0 spiro atoms. The normalized spacial score (nSPS) is 18.3. The van der Waals surface area contributed by atoms with Gasteiger partial charge in [0, 0.05) is 35.1 Å². The fourth-order valence-electron chi connectivity index (χ4n) is 2.13. The van der Waals surface area contributed by atoms with E-state index in [9.17, 15) is 14.9 Å². The van der Waals surface area contributed by atoms with E-state index >= 15 is 0 Å². The van der Waals surface area contributed by atoms with Gasteiger partial charge in [-0.25, -0.2) is 0 Å². The largest absolute Gasteiger partial charge is 0.378 e. The third-order valence-electron chi connectivity index (χ3n) is 3.19. The topological polar surface area (TPSA) is 93.5 Å². The van der Waals surface area contributed by atoms with Crippen molar-refractivity contribution in [3.8, 4) is 0 Å². The van der Waals surface area contributed by atoms with E-state index < -0.39 is 4.92 Å². The van der Waals surface area contributed by atoms with Crippen molar-refractivity contribution in [2.75, 3.05) is 25.1 Å². The van der Waals surface area contributed by atoms with Crippen LogP contribution in [0.25, 0.3) is 0 Å². The number of halogens is 1. The summed E-state index contributed by atoms with van der Waals surface area (Å²) >= 11 is 3.31. The van der Waals surface area contributed by atoms with Gasteiger partial charge >= 0.3 is 0 Å². The Morgan fingerprint density at radius 1 is 1.62 bits per heavy atom. The number of ether oxygens (including phenoxy) is 1. The molecule has 8 heteroatoms. The molecule has 1 unspecified atom stereocenters. The van der Waals surface area contributed by atoms with Crippen LogP contribution in [0.15, 0.2) is 16.6 Å². The molecule has 1 aromatic carbocycles. The van der Waals surface area contributed by atoms with E-state index in [0.29, 0.717) is 28.9 Å². The maximum absolute atomic E-state index is 12.0. The molecule has 114 valence electrons. The maximum Gasteiger partial charge on any atom is 0.274 e. The number of nitro groups is 1. The van der Waals surface area contributed by atoms with Crippen molar-refractivity contribution in [3.05, 3.63) is 32.3 Å². The highest BCUT2D eigenvalue weighted by atomic mass is 79.9. The fourth-order valence-corrected chi connectivity index (χ4v) is 2.69. The van der Waals surface area contributed by atoms with Crippen molar-refractivity contribution >= 4 is 33.2 Å². The van der Waals surface area contributed by atoms with Crippen LogP contribution in [0, 0.1) is 17.0 Å². The van der Waals surface area contributed by atoms with Crippen molar-refractivity contribution in [2.24, 2.45) is 0 Å². The molecule has 0 aliphatic carbocycles. The first kappa shape index (κ1) is 15.9. The van der Waals surface area contributed by atoms with E-state index in [2.05, 4.69) is 26.6 Å². The molecular formula is C13H16BrN3O4. The van der Waals surface area contributed by atoms with Crippen molar-refractivity contribution in [2.45, 2.75) is 19.4 Å². The summed E-state index contributed by atoms with van der Waals surface area (Å²) in [5.74, 6) is -0.211. The molecule has 21 heavy (non-hydrogen) atoms. The molecule has 1 saturated heterocycles. The minimum absolute atomic E-state index is 0.0207. The molecule has 0 aromatic heterocycles. The number of nitrogens with one attached hydrogen (secondary N) is 2. The minimum atomic E-state index is -0.464. The summed E-state index contributed by atoms with van der Waals surface area (Å²) < 4.78 is 5.90. The van der Waals surface area contributed by atoms with Gasteiger partial charge in [-0.3, -0.25) is 14.9 Å². The lowest BCUT2D eigenvalue weighted by atomic mass is 10.1. The van der Waals surface area contributed by atoms with Gasteiger partial charge in [0.25, 0.3) is 5.69 Å². The van der Waals surface area contributed by atoms with Gasteiger partial charge in [0.05, 0.1) is 23.8 Å². The average Bonchev–Trinajstić information content (AvgIpc) is 2.42. The van der Waals surface area contributed by atoms with Crippen LogP contribution in [0.2, 0.25) is 0 Å². The number of aryl methyl sites for hydroxylation is 1. The van der Waals surface area contributed by atoms with Gasteiger partial charge in [-0.2, -0.15) is 0 Å². The Morgan fingerprint density at radius 2 is 2.38 bits per heavy atom. The second-order valence-electron chi connectivity index (χ2n) is 4.85. The number of nitrogens with zero attached hydrogens (tertiary/aromatic N) is 1. The number of amides is 1. The number of carbonyl (C=O) groups excluding carboxylic acids is 1. The zero-order valence-corrected chi connectivity index (χ0v) is 13.1. The van der Waals surface area contributed by atoms with Crippen molar-refractivity contribution in [1.82, 2.24) is 5.32 Å². The lowest BCUT2D eigenvalue weighted by Crippen LogP contribution is -2.43. The summed E-state index contributed by atoms with van der Waals surface area (Å²) in [6.07, 6.45) is 0.258. The summed E-state index contributed by atoms with van der Waals surface area (Å²) in [6, 6.07) is 2.95. The monoisotopic (exact) mass is 357 g/mol. The summed E-state index contributed by atoms with van der Waals surface area (Å²) in [6.45, 7) is 3.51. The molecule has 2 N–H and O–H groups in total. The van der Waals surface area contributed by atoms with Crippen LogP contribution in [-0.2, 0) is 9.53 Å². The fraction of sp³-hybridized carbons (Fsp3) is 0.462. The van der Waals surface area contributed by atoms with Crippen molar-refractivity contribution in [1.29, 1.82) is 0 Å². The van der Waals surface area contributed by atoms with Crippen LogP contribution in [0.3, 0.4) is 0 Å². The first-order valence-electron chi connectivity index (χ1n) is 6.53. The lowest BCUT2D eigenvalue weighted by Gasteiger charge is -2.23. The lowest BCUT2D eigenvalue weighted by molar-refractivity contribution is -0.385. The van der Waals surface area contributed by atoms with Crippen LogP contribution >= 0.6 is 15.9 Å². The van der Waals surface area contributed by atoms with Crippen LogP contribution in [0.5, 0.6) is 0 Å². The maximum atomic E-state index is 12.0. The Kier molecular flexibility index (Phi) is 5.27. The molecule has 1 heterocycles. The van der Waals surface area contributed by atoms with Crippen LogP contribution in [-0.4, -0.2) is 36.6 Å². The molecule has 0 bridgehead atoms. The van der Waals surface area contributed by atoms with Crippen LogP contribution in [0.1, 0.15) is 12.0 Å². The Bertz CT molecular complexity index is 559. The molecule has 1 fully saturated rings. The molecule has 2 rings (SSSR count). The highest BCUT2D eigenvalue weighted by molar-refractivity contribution is 9.10. The van der Waals surface area contributed by atoms with Gasteiger partial charge in [-0.1, -0.05) is 0 Å². The summed E-state index contributed by atoms with van der Waals surface area (Å²) in [7, 11) is 0. The highest BCUT2D eigenvalue weighted by Crippen LogP contribution is 2.30. The van der Waals surface area contributed by atoms with Gasteiger partial charge in [0.15, 0.2) is 0 Å². The van der Waals surface area contributed by atoms with Gasteiger partial charge in [0.1, 0.15) is 0 Å². The molecule has 1 atom stereocenters. The minimum Gasteiger partial charge on any atom is -0.378 e. The number of morpholine rings is 1. The first-order valence-corrected chi connectivity index (χ1v) is 7.32. The summed E-state index contributed by atoms with van der Waals surface area (Å²) in [4.78, 5) is 22.5. The second kappa shape index (κ2) is 6.97. The van der Waals surface area contributed by atoms with E-state index in [1.165, 1.54) is 6.07 Å². The number of benzene rings is 1. The summed E-state index contributed by atoms with van der Waals surface area (Å²) in [5.41, 5.74) is 0.911. The predicted octanol–water partition coefficient (Wildman–Crippen LogP) is 1.98. The Balaban J connectivity index is 2.06. The molecule has 0 saturated carbocycles. The van der Waals surface area contributed by atoms with E-state index in [4.69, 9.17) is 4.74 Å². The van der Waals surface area contributed by atoms with Gasteiger partial charge in [0.2, 0.25) is 5.91 Å². The Hall–Kier alpha value is -1.51. The number of hydrogen-bond acceptors (Lipinski definition) is 5. The number of anilines is 1. The Morgan fingerprint density at radius 3 is 3.00 bits per heavy atom. The van der Waals surface area contributed by atoms with Crippen LogP contribution in [0.4, 0.5) is 11.4 Å². The van der Waals surface area contributed by atoms with Gasteiger partial charge in [-0.05, 0) is 28.9 Å². The molecule has 1 aliphatic rings. The van der Waals surface area contributed by atoms with Crippen LogP contribution < -0.4 is 10.6 Å². The van der Waals surface area contributed by atoms with Crippen molar-refractivity contribution < 1.29 is 14.5 Å². The SMILES string of the molecule is Cc1cc(Br)c(NC(=O)CC2COCCN2)cc1[N+](=O)[O-]. The van der Waals surface area contributed by atoms with E-state index in [1.54, 1.807) is 13.0 Å². The predicted molar refractivity (Wildman–Crippen MR) is 81.4 cm³/mol. The third kappa shape index (κ3) is 4.23. The molecule has 1 aliphatic heterocycles.